The molecule has 0 aliphatic heterocycles. The Balaban J connectivity index is 1.77. The third-order valence-corrected chi connectivity index (χ3v) is 4.24. The maximum atomic E-state index is 12.7. The smallest absolute Gasteiger partial charge is 0.283 e. The molecule has 2 aromatic heterocycles. The zero-order valence-electron chi connectivity index (χ0n) is 12.8. The van der Waals surface area contributed by atoms with Crippen LogP contribution in [0.15, 0.2) is 59.7 Å². The highest BCUT2D eigenvalue weighted by Gasteiger charge is 2.13. The second kappa shape index (κ2) is 6.31. The average molecular weight is 372 g/mol. The van der Waals surface area contributed by atoms with Crippen LogP contribution < -0.4 is 5.56 Å². The van der Waals surface area contributed by atoms with Crippen LogP contribution in [0, 0.1) is 0 Å². The molecule has 0 aliphatic carbocycles. The summed E-state index contributed by atoms with van der Waals surface area (Å²) in [6.45, 7) is 0.378. The summed E-state index contributed by atoms with van der Waals surface area (Å²) in [5.41, 5.74) is 1.97. The first-order valence-corrected chi connectivity index (χ1v) is 8.18. The molecule has 0 amide bonds. The Labute approximate surface area is 152 Å². The molecule has 124 valence electrons. The van der Waals surface area contributed by atoms with Crippen LogP contribution >= 0.6 is 23.2 Å². The van der Waals surface area contributed by atoms with Crippen LogP contribution in [0.4, 0.5) is 0 Å². The Morgan fingerprint density at radius 2 is 1.80 bits per heavy atom. The second-order valence-electron chi connectivity index (χ2n) is 5.46. The zero-order chi connectivity index (χ0) is 17.4. The predicted molar refractivity (Wildman–Crippen MR) is 96.5 cm³/mol. The van der Waals surface area contributed by atoms with Crippen molar-refractivity contribution < 1.29 is 0 Å². The van der Waals surface area contributed by atoms with Gasteiger partial charge in [0.1, 0.15) is 6.33 Å². The highest BCUT2D eigenvalue weighted by Crippen LogP contribution is 2.16. The van der Waals surface area contributed by atoms with Crippen LogP contribution in [-0.2, 0) is 6.54 Å². The lowest BCUT2D eigenvalue weighted by molar-refractivity contribution is 0.745. The maximum absolute atomic E-state index is 12.7. The summed E-state index contributed by atoms with van der Waals surface area (Å²) in [6, 6.07) is 14.4. The van der Waals surface area contributed by atoms with Crippen LogP contribution in [0.5, 0.6) is 0 Å². The Morgan fingerprint density at radius 3 is 2.56 bits per heavy atom. The van der Waals surface area contributed by atoms with Gasteiger partial charge in [-0.2, -0.15) is 4.68 Å². The minimum Gasteiger partial charge on any atom is -0.293 e. The molecule has 0 saturated heterocycles. The van der Waals surface area contributed by atoms with Crippen LogP contribution in [0.1, 0.15) is 5.56 Å². The molecule has 6 nitrogen and oxygen atoms in total. The standard InChI is InChI=1S/C17H11Cl2N5O/c18-12-6-4-11(5-7-12)9-23-10-20-16-15(17(23)25)21-22-24(16)14-3-1-2-13(19)8-14/h1-8,10H,9H2. The van der Waals surface area contributed by atoms with Gasteiger partial charge >= 0.3 is 0 Å². The van der Waals surface area contributed by atoms with Gasteiger partial charge in [0.05, 0.1) is 12.2 Å². The molecule has 0 radical (unpaired) electrons. The summed E-state index contributed by atoms with van der Waals surface area (Å²) >= 11 is 11.9. The van der Waals surface area contributed by atoms with E-state index in [1.165, 1.54) is 15.6 Å². The molecule has 0 saturated carbocycles. The number of benzene rings is 2. The van der Waals surface area contributed by atoms with E-state index in [9.17, 15) is 4.79 Å². The third kappa shape index (κ3) is 3.01. The van der Waals surface area contributed by atoms with E-state index in [0.29, 0.717) is 27.9 Å². The van der Waals surface area contributed by atoms with Crippen LogP contribution in [0.2, 0.25) is 10.0 Å². The lowest BCUT2D eigenvalue weighted by Crippen LogP contribution is -2.21. The summed E-state index contributed by atoms with van der Waals surface area (Å²) in [5, 5.41) is 9.25. The number of aromatic nitrogens is 5. The second-order valence-corrected chi connectivity index (χ2v) is 6.33. The molecule has 0 aliphatic rings. The molecular formula is C17H11Cl2N5O. The van der Waals surface area contributed by atoms with E-state index >= 15 is 0 Å². The molecular weight excluding hydrogens is 361 g/mol. The van der Waals surface area contributed by atoms with Crippen molar-refractivity contribution in [2.24, 2.45) is 0 Å². The molecule has 25 heavy (non-hydrogen) atoms. The Kier molecular flexibility index (Phi) is 3.99. The van der Waals surface area contributed by atoms with Crippen LogP contribution in [0.3, 0.4) is 0 Å². The number of hydrogen-bond acceptors (Lipinski definition) is 4. The fourth-order valence-electron chi connectivity index (χ4n) is 2.52. The van der Waals surface area contributed by atoms with Crippen molar-refractivity contribution in [3.8, 4) is 5.69 Å². The topological polar surface area (TPSA) is 65.6 Å². The molecule has 0 spiro atoms. The van der Waals surface area contributed by atoms with Crippen molar-refractivity contribution in [3.63, 3.8) is 0 Å². The van der Waals surface area contributed by atoms with Crippen molar-refractivity contribution in [2.75, 3.05) is 0 Å². The van der Waals surface area contributed by atoms with Gasteiger partial charge in [0.2, 0.25) is 0 Å². The largest absolute Gasteiger partial charge is 0.293 e. The molecule has 2 aromatic carbocycles. The van der Waals surface area contributed by atoms with Gasteiger partial charge in [-0.3, -0.25) is 9.36 Å². The number of rotatable bonds is 3. The first kappa shape index (κ1) is 15.8. The van der Waals surface area contributed by atoms with Crippen molar-refractivity contribution >= 4 is 34.4 Å². The van der Waals surface area contributed by atoms with Crippen LogP contribution in [0.25, 0.3) is 16.9 Å². The minimum absolute atomic E-state index is 0.205. The van der Waals surface area contributed by atoms with Crippen LogP contribution in [-0.4, -0.2) is 24.5 Å². The van der Waals surface area contributed by atoms with E-state index in [4.69, 9.17) is 23.2 Å². The molecule has 0 unspecified atom stereocenters. The van der Waals surface area contributed by atoms with E-state index < -0.39 is 0 Å². The SMILES string of the molecule is O=c1c2nnn(-c3cccc(Cl)c3)c2ncn1Cc1ccc(Cl)cc1. The van der Waals surface area contributed by atoms with E-state index in [2.05, 4.69) is 15.3 Å². The maximum Gasteiger partial charge on any atom is 0.283 e. The normalized spacial score (nSPS) is 11.1. The first-order valence-electron chi connectivity index (χ1n) is 7.43. The molecule has 8 heteroatoms. The number of nitrogens with zero attached hydrogens (tertiary/aromatic N) is 5. The van der Waals surface area contributed by atoms with Gasteiger partial charge in [0, 0.05) is 10.0 Å². The first-order chi connectivity index (χ1) is 12.1. The van der Waals surface area contributed by atoms with Gasteiger partial charge < -0.3 is 0 Å². The lowest BCUT2D eigenvalue weighted by Gasteiger charge is -2.06. The molecule has 0 atom stereocenters. The molecule has 0 fully saturated rings. The number of halogens is 2. The highest BCUT2D eigenvalue weighted by molar-refractivity contribution is 6.30. The van der Waals surface area contributed by atoms with Crippen molar-refractivity contribution in [1.82, 2.24) is 24.5 Å². The van der Waals surface area contributed by atoms with E-state index in [1.54, 1.807) is 30.3 Å². The number of hydrogen-bond donors (Lipinski definition) is 0. The summed E-state index contributed by atoms with van der Waals surface area (Å²) in [4.78, 5) is 17.0. The lowest BCUT2D eigenvalue weighted by atomic mass is 10.2. The van der Waals surface area contributed by atoms with Crippen molar-refractivity contribution in [3.05, 3.63) is 80.8 Å². The van der Waals surface area contributed by atoms with Gasteiger partial charge in [-0.05, 0) is 35.9 Å². The molecule has 0 N–H and O–H groups in total. The summed E-state index contributed by atoms with van der Waals surface area (Å²) in [5.74, 6) is 0. The quantitative estimate of drug-likeness (QED) is 0.553. The fourth-order valence-corrected chi connectivity index (χ4v) is 2.84. The zero-order valence-corrected chi connectivity index (χ0v) is 14.3. The Hall–Kier alpha value is -2.70. The van der Waals surface area contributed by atoms with Crippen molar-refractivity contribution in [2.45, 2.75) is 6.54 Å². The monoisotopic (exact) mass is 371 g/mol. The summed E-state index contributed by atoms with van der Waals surface area (Å²) in [7, 11) is 0. The van der Waals surface area contributed by atoms with Gasteiger partial charge in [0.25, 0.3) is 5.56 Å². The number of fused-ring (bicyclic) bond motifs is 1. The van der Waals surface area contributed by atoms with Gasteiger partial charge in [-0.15, -0.1) is 5.10 Å². The van der Waals surface area contributed by atoms with Gasteiger partial charge in [-0.25, -0.2) is 4.98 Å². The minimum atomic E-state index is -0.256. The van der Waals surface area contributed by atoms with E-state index in [1.807, 2.05) is 18.2 Å². The molecule has 4 rings (SSSR count). The fraction of sp³-hybridized carbons (Fsp3) is 0.0588. The van der Waals surface area contributed by atoms with Gasteiger partial charge in [-0.1, -0.05) is 46.6 Å². The van der Waals surface area contributed by atoms with Gasteiger partial charge in [0.15, 0.2) is 11.2 Å². The van der Waals surface area contributed by atoms with E-state index in [-0.39, 0.29) is 11.1 Å². The highest BCUT2D eigenvalue weighted by atomic mass is 35.5. The predicted octanol–water partition coefficient (Wildman–Crippen LogP) is 3.33. The summed E-state index contributed by atoms with van der Waals surface area (Å²) < 4.78 is 2.98. The Bertz CT molecular complexity index is 1120. The molecule has 0 bridgehead atoms. The molecule has 4 aromatic rings. The van der Waals surface area contributed by atoms with Crippen molar-refractivity contribution in [1.29, 1.82) is 0 Å². The Morgan fingerprint density at radius 1 is 1.00 bits per heavy atom. The third-order valence-electron chi connectivity index (χ3n) is 3.75. The van der Waals surface area contributed by atoms with E-state index in [0.717, 1.165) is 5.56 Å². The molecule has 2 heterocycles. The summed E-state index contributed by atoms with van der Waals surface area (Å²) in [6.07, 6.45) is 1.49. The average Bonchev–Trinajstić information content (AvgIpc) is 3.04.